The largest absolute Gasteiger partial charge is 0.375 e. The number of anilines is 1. The third-order valence-corrected chi connectivity index (χ3v) is 3.72. The molecule has 7 heteroatoms. The van der Waals surface area contributed by atoms with Gasteiger partial charge in [0.1, 0.15) is 12.2 Å². The predicted molar refractivity (Wildman–Crippen MR) is 86.3 cm³/mol. The molecule has 1 N–H and O–H groups in total. The fraction of sp³-hybridized carbons (Fsp3) is 0.385. The number of hydrogen-bond donors (Lipinski definition) is 1. The van der Waals surface area contributed by atoms with Crippen LogP contribution < -0.4 is 5.32 Å². The molecule has 0 atom stereocenters. The van der Waals surface area contributed by atoms with E-state index in [1.54, 1.807) is 18.5 Å². The second-order valence-corrected chi connectivity index (χ2v) is 6.58. The summed E-state index contributed by atoms with van der Waals surface area (Å²) in [6, 6.07) is 3.60. The molecule has 0 fully saturated rings. The molecule has 108 valence electrons. The summed E-state index contributed by atoms with van der Waals surface area (Å²) in [6.07, 6.45) is 1.56. The second-order valence-electron chi connectivity index (χ2n) is 4.85. The van der Waals surface area contributed by atoms with Crippen LogP contribution in [0.1, 0.15) is 19.7 Å². The van der Waals surface area contributed by atoms with Crippen LogP contribution >= 0.6 is 39.1 Å². The normalized spacial score (nSPS) is 11.1. The molecule has 0 bridgehead atoms. The van der Waals surface area contributed by atoms with Gasteiger partial charge in [0.25, 0.3) is 0 Å². The fourth-order valence-electron chi connectivity index (χ4n) is 1.80. The van der Waals surface area contributed by atoms with Gasteiger partial charge in [-0.3, -0.25) is 0 Å². The molecular formula is C13H15BrCl2N4. The number of nitrogens with one attached hydrogen (secondary N) is 1. The first-order valence-electron chi connectivity index (χ1n) is 6.22. The Bertz CT molecular complexity index is 575. The SMILES string of the molecule is CC(C)Cn1ncnc1CNc1c(Cl)cc(Br)cc1Cl. The van der Waals surface area contributed by atoms with Gasteiger partial charge in [-0.1, -0.05) is 53.0 Å². The number of halogens is 3. The van der Waals surface area contributed by atoms with E-state index in [9.17, 15) is 0 Å². The van der Waals surface area contributed by atoms with Gasteiger partial charge in [0.15, 0.2) is 0 Å². The summed E-state index contributed by atoms with van der Waals surface area (Å²) in [5.74, 6) is 1.36. The van der Waals surface area contributed by atoms with Gasteiger partial charge < -0.3 is 5.32 Å². The molecule has 2 rings (SSSR count). The Kier molecular flexibility index (Phi) is 5.29. The zero-order chi connectivity index (χ0) is 14.7. The van der Waals surface area contributed by atoms with Gasteiger partial charge in [0.2, 0.25) is 0 Å². The van der Waals surface area contributed by atoms with Gasteiger partial charge in [0, 0.05) is 11.0 Å². The minimum atomic E-state index is 0.510. The average molecular weight is 378 g/mol. The van der Waals surface area contributed by atoms with E-state index in [-0.39, 0.29) is 0 Å². The first-order valence-corrected chi connectivity index (χ1v) is 7.77. The van der Waals surface area contributed by atoms with Crippen molar-refractivity contribution in [2.24, 2.45) is 5.92 Å². The average Bonchev–Trinajstić information content (AvgIpc) is 2.74. The smallest absolute Gasteiger partial charge is 0.146 e. The number of rotatable bonds is 5. The van der Waals surface area contributed by atoms with Crippen molar-refractivity contribution >= 4 is 44.8 Å². The molecule has 20 heavy (non-hydrogen) atoms. The molecule has 0 aliphatic heterocycles. The van der Waals surface area contributed by atoms with Crippen molar-refractivity contribution in [1.82, 2.24) is 14.8 Å². The topological polar surface area (TPSA) is 42.7 Å². The van der Waals surface area contributed by atoms with Gasteiger partial charge in [-0.15, -0.1) is 0 Å². The summed E-state index contributed by atoms with van der Waals surface area (Å²) in [6.45, 7) is 5.63. The highest BCUT2D eigenvalue weighted by Crippen LogP contribution is 2.33. The summed E-state index contributed by atoms with van der Waals surface area (Å²) in [4.78, 5) is 4.26. The summed E-state index contributed by atoms with van der Waals surface area (Å²) in [5.41, 5.74) is 0.704. The van der Waals surface area contributed by atoms with E-state index in [4.69, 9.17) is 23.2 Å². The van der Waals surface area contributed by atoms with Crippen LogP contribution in [0.25, 0.3) is 0 Å². The monoisotopic (exact) mass is 376 g/mol. The van der Waals surface area contributed by atoms with E-state index >= 15 is 0 Å². The Balaban J connectivity index is 2.12. The third kappa shape index (κ3) is 3.87. The van der Waals surface area contributed by atoms with Crippen LogP contribution in [0.2, 0.25) is 10.0 Å². The van der Waals surface area contributed by atoms with E-state index in [0.717, 1.165) is 16.8 Å². The summed E-state index contributed by atoms with van der Waals surface area (Å²) in [5, 5.41) is 8.57. The Morgan fingerprint density at radius 2 is 1.95 bits per heavy atom. The maximum Gasteiger partial charge on any atom is 0.146 e. The quantitative estimate of drug-likeness (QED) is 0.826. The van der Waals surface area contributed by atoms with Gasteiger partial charge >= 0.3 is 0 Å². The lowest BCUT2D eigenvalue weighted by molar-refractivity contribution is 0.468. The standard InChI is InChI=1S/C13H15BrCl2N4/c1-8(2)6-20-12(18-7-19-20)5-17-13-10(15)3-9(14)4-11(13)16/h3-4,7-8,17H,5-6H2,1-2H3. The van der Waals surface area contributed by atoms with Gasteiger partial charge in [-0.05, 0) is 18.1 Å². The molecule has 0 radical (unpaired) electrons. The van der Waals surface area contributed by atoms with Crippen molar-refractivity contribution in [3.63, 3.8) is 0 Å². The van der Waals surface area contributed by atoms with Gasteiger partial charge in [-0.25, -0.2) is 9.67 Å². The molecule has 0 saturated carbocycles. The molecule has 1 aromatic heterocycles. The van der Waals surface area contributed by atoms with E-state index in [1.807, 2.05) is 4.68 Å². The zero-order valence-corrected chi connectivity index (χ0v) is 14.3. The van der Waals surface area contributed by atoms with Gasteiger partial charge in [0.05, 0.1) is 22.3 Å². The minimum Gasteiger partial charge on any atom is -0.375 e. The molecule has 0 aliphatic rings. The molecule has 2 aromatic rings. The number of benzene rings is 1. The van der Waals surface area contributed by atoms with Crippen molar-refractivity contribution in [2.75, 3.05) is 5.32 Å². The molecule has 1 aromatic carbocycles. The second kappa shape index (κ2) is 6.78. The van der Waals surface area contributed by atoms with Crippen molar-refractivity contribution < 1.29 is 0 Å². The van der Waals surface area contributed by atoms with Crippen LogP contribution in [0.5, 0.6) is 0 Å². The van der Waals surface area contributed by atoms with Gasteiger partial charge in [-0.2, -0.15) is 5.10 Å². The molecule has 0 unspecified atom stereocenters. The number of nitrogens with zero attached hydrogens (tertiary/aromatic N) is 3. The summed E-state index contributed by atoms with van der Waals surface area (Å²) < 4.78 is 2.74. The third-order valence-electron chi connectivity index (χ3n) is 2.66. The Labute approximate surface area is 136 Å². The van der Waals surface area contributed by atoms with E-state index < -0.39 is 0 Å². The van der Waals surface area contributed by atoms with Crippen LogP contribution in [0.4, 0.5) is 5.69 Å². The summed E-state index contributed by atoms with van der Waals surface area (Å²) in [7, 11) is 0. The highest BCUT2D eigenvalue weighted by atomic mass is 79.9. The van der Waals surface area contributed by atoms with Crippen molar-refractivity contribution in [1.29, 1.82) is 0 Å². The number of hydrogen-bond acceptors (Lipinski definition) is 3. The molecule has 0 aliphatic carbocycles. The lowest BCUT2D eigenvalue weighted by Gasteiger charge is -2.12. The molecule has 4 nitrogen and oxygen atoms in total. The summed E-state index contributed by atoms with van der Waals surface area (Å²) >= 11 is 15.7. The van der Waals surface area contributed by atoms with Crippen molar-refractivity contribution in [3.05, 3.63) is 38.8 Å². The van der Waals surface area contributed by atoms with Crippen LogP contribution in [0.15, 0.2) is 22.9 Å². The van der Waals surface area contributed by atoms with Crippen molar-refractivity contribution in [2.45, 2.75) is 26.9 Å². The van der Waals surface area contributed by atoms with Crippen LogP contribution in [0, 0.1) is 5.92 Å². The lowest BCUT2D eigenvalue weighted by Crippen LogP contribution is -2.13. The van der Waals surface area contributed by atoms with Crippen LogP contribution in [-0.2, 0) is 13.1 Å². The maximum atomic E-state index is 6.18. The molecular weight excluding hydrogens is 363 g/mol. The minimum absolute atomic E-state index is 0.510. The fourth-order valence-corrected chi connectivity index (χ4v) is 3.14. The highest BCUT2D eigenvalue weighted by Gasteiger charge is 2.10. The predicted octanol–water partition coefficient (Wildman–Crippen LogP) is 4.62. The maximum absolute atomic E-state index is 6.18. The molecule has 1 heterocycles. The van der Waals surface area contributed by atoms with E-state index in [2.05, 4.69) is 45.2 Å². The first kappa shape index (κ1) is 15.6. The Morgan fingerprint density at radius 1 is 1.30 bits per heavy atom. The lowest BCUT2D eigenvalue weighted by atomic mass is 10.2. The zero-order valence-electron chi connectivity index (χ0n) is 11.2. The Morgan fingerprint density at radius 3 is 2.55 bits per heavy atom. The molecule has 0 amide bonds. The Hall–Kier alpha value is -0.780. The molecule has 0 spiro atoms. The van der Waals surface area contributed by atoms with E-state index in [1.165, 1.54) is 0 Å². The molecule has 0 saturated heterocycles. The van der Waals surface area contributed by atoms with Crippen LogP contribution in [-0.4, -0.2) is 14.8 Å². The van der Waals surface area contributed by atoms with Crippen molar-refractivity contribution in [3.8, 4) is 0 Å². The first-order chi connectivity index (χ1) is 9.47. The highest BCUT2D eigenvalue weighted by molar-refractivity contribution is 9.10. The van der Waals surface area contributed by atoms with E-state index in [0.29, 0.717) is 28.2 Å². The number of aromatic nitrogens is 3. The van der Waals surface area contributed by atoms with Crippen LogP contribution in [0.3, 0.4) is 0 Å².